The fourth-order valence-corrected chi connectivity index (χ4v) is 3.23. The molecule has 0 aliphatic rings. The lowest BCUT2D eigenvalue weighted by molar-refractivity contribution is 0.0699. The zero-order valence-corrected chi connectivity index (χ0v) is 12.9. The molecule has 3 rings (SSSR count). The van der Waals surface area contributed by atoms with Gasteiger partial charge in [0.05, 0.1) is 21.7 Å². The van der Waals surface area contributed by atoms with Crippen molar-refractivity contribution < 1.29 is 9.90 Å². The van der Waals surface area contributed by atoms with Crippen LogP contribution in [0.4, 0.5) is 0 Å². The lowest BCUT2D eigenvalue weighted by Crippen LogP contribution is -2.01. The van der Waals surface area contributed by atoms with E-state index in [0.29, 0.717) is 10.9 Å². The number of rotatable bonds is 2. The molecule has 3 nitrogen and oxygen atoms in total. The number of aryl methyl sites for hydroxylation is 3. The highest BCUT2D eigenvalue weighted by molar-refractivity contribution is 7.15. The highest BCUT2D eigenvalue weighted by Gasteiger charge is 2.15. The molecule has 0 spiro atoms. The molecule has 2 heterocycles. The van der Waals surface area contributed by atoms with Gasteiger partial charge in [0, 0.05) is 10.3 Å². The summed E-state index contributed by atoms with van der Waals surface area (Å²) in [6, 6.07) is 9.48. The van der Waals surface area contributed by atoms with Gasteiger partial charge in [-0.25, -0.2) is 9.78 Å². The second-order valence-electron chi connectivity index (χ2n) is 5.17. The number of hydrogen-bond acceptors (Lipinski definition) is 3. The van der Waals surface area contributed by atoms with E-state index in [-0.39, 0.29) is 0 Å². The average Bonchev–Trinajstić information content (AvgIpc) is 2.88. The molecular weight excluding hydrogens is 282 g/mol. The van der Waals surface area contributed by atoms with Gasteiger partial charge >= 0.3 is 5.97 Å². The third kappa shape index (κ3) is 2.32. The summed E-state index contributed by atoms with van der Waals surface area (Å²) in [7, 11) is 0. The molecule has 1 N–H and O–H groups in total. The summed E-state index contributed by atoms with van der Waals surface area (Å²) in [5.41, 5.74) is 3.96. The topological polar surface area (TPSA) is 50.2 Å². The molecule has 1 aromatic carbocycles. The number of aromatic nitrogens is 1. The third-order valence-electron chi connectivity index (χ3n) is 3.73. The first kappa shape index (κ1) is 13.8. The maximum absolute atomic E-state index is 11.6. The van der Waals surface area contributed by atoms with Crippen molar-refractivity contribution in [2.24, 2.45) is 0 Å². The summed E-state index contributed by atoms with van der Waals surface area (Å²) < 4.78 is 0. The first-order valence-electron chi connectivity index (χ1n) is 6.68. The van der Waals surface area contributed by atoms with Crippen LogP contribution in [0.5, 0.6) is 0 Å². The van der Waals surface area contributed by atoms with Crippen molar-refractivity contribution in [3.05, 3.63) is 51.9 Å². The van der Waals surface area contributed by atoms with Crippen LogP contribution in [-0.4, -0.2) is 16.1 Å². The molecule has 3 aromatic rings. The van der Waals surface area contributed by atoms with E-state index in [9.17, 15) is 9.90 Å². The molecule has 2 aromatic heterocycles. The van der Waals surface area contributed by atoms with Gasteiger partial charge in [0.1, 0.15) is 0 Å². The summed E-state index contributed by atoms with van der Waals surface area (Å²) in [5, 5.41) is 10.2. The summed E-state index contributed by atoms with van der Waals surface area (Å²) in [4.78, 5) is 18.5. The maximum Gasteiger partial charge on any atom is 0.336 e. The quantitative estimate of drug-likeness (QED) is 0.752. The lowest BCUT2D eigenvalue weighted by atomic mass is 10.0. The predicted molar refractivity (Wildman–Crippen MR) is 86.2 cm³/mol. The second-order valence-corrected chi connectivity index (χ2v) is 6.46. The van der Waals surface area contributed by atoms with Gasteiger partial charge in [0.2, 0.25) is 0 Å². The molecule has 0 unspecified atom stereocenters. The van der Waals surface area contributed by atoms with Crippen LogP contribution >= 0.6 is 11.3 Å². The first-order chi connectivity index (χ1) is 9.97. The monoisotopic (exact) mass is 297 g/mol. The van der Waals surface area contributed by atoms with Crippen LogP contribution in [0.1, 0.15) is 26.4 Å². The fourth-order valence-electron chi connectivity index (χ4n) is 2.41. The van der Waals surface area contributed by atoms with E-state index in [0.717, 1.165) is 27.2 Å². The van der Waals surface area contributed by atoms with Crippen LogP contribution in [0, 0.1) is 20.8 Å². The molecule has 106 valence electrons. The van der Waals surface area contributed by atoms with Crippen LogP contribution in [-0.2, 0) is 0 Å². The number of nitrogens with zero attached hydrogens (tertiary/aromatic N) is 1. The molecule has 21 heavy (non-hydrogen) atoms. The van der Waals surface area contributed by atoms with Gasteiger partial charge in [-0.1, -0.05) is 12.1 Å². The van der Waals surface area contributed by atoms with E-state index in [1.165, 1.54) is 4.88 Å². The van der Waals surface area contributed by atoms with E-state index in [4.69, 9.17) is 4.98 Å². The van der Waals surface area contributed by atoms with Crippen molar-refractivity contribution in [3.63, 3.8) is 0 Å². The fraction of sp³-hybridized carbons (Fsp3) is 0.176. The van der Waals surface area contributed by atoms with Crippen molar-refractivity contribution in [2.75, 3.05) is 0 Å². The van der Waals surface area contributed by atoms with Gasteiger partial charge in [0.25, 0.3) is 0 Å². The Bertz CT molecular complexity index is 865. The number of carbonyl (C=O) groups is 1. The van der Waals surface area contributed by atoms with Crippen LogP contribution in [0.25, 0.3) is 21.5 Å². The number of pyridine rings is 1. The second kappa shape index (κ2) is 4.97. The molecule has 0 radical (unpaired) electrons. The summed E-state index contributed by atoms with van der Waals surface area (Å²) in [6.45, 7) is 6.03. The van der Waals surface area contributed by atoms with E-state index in [1.54, 1.807) is 17.4 Å². The highest BCUT2D eigenvalue weighted by Crippen LogP contribution is 2.31. The zero-order valence-electron chi connectivity index (χ0n) is 12.1. The Morgan fingerprint density at radius 2 is 1.90 bits per heavy atom. The van der Waals surface area contributed by atoms with Crippen LogP contribution in [0.3, 0.4) is 0 Å². The zero-order chi connectivity index (χ0) is 15.1. The van der Waals surface area contributed by atoms with Gasteiger partial charge in [-0.2, -0.15) is 0 Å². The van der Waals surface area contributed by atoms with Gasteiger partial charge in [0.15, 0.2) is 0 Å². The van der Waals surface area contributed by atoms with Crippen molar-refractivity contribution in [1.29, 1.82) is 0 Å². The Balaban J connectivity index is 2.38. The molecule has 0 amide bonds. The number of carboxylic acid groups (broad SMARTS) is 1. The van der Waals surface area contributed by atoms with Gasteiger partial charge in [-0.3, -0.25) is 0 Å². The predicted octanol–water partition coefficient (Wildman–Crippen LogP) is 4.59. The van der Waals surface area contributed by atoms with Gasteiger partial charge < -0.3 is 5.11 Å². The number of benzene rings is 1. The molecule has 0 aliphatic heterocycles. The molecule has 0 aliphatic carbocycles. The standard InChI is InChI=1S/C17H15NO2S/c1-9-4-6-12-13(17(19)20)8-14(18-16(12)11(9)3)15-7-5-10(2)21-15/h4-8H,1-3H3,(H,19,20). The Kier molecular flexibility index (Phi) is 3.26. The Labute approximate surface area is 126 Å². The minimum atomic E-state index is -0.916. The summed E-state index contributed by atoms with van der Waals surface area (Å²) in [5.74, 6) is -0.916. The third-order valence-corrected chi connectivity index (χ3v) is 4.75. The van der Waals surface area contributed by atoms with Crippen molar-refractivity contribution in [3.8, 4) is 10.6 Å². The summed E-state index contributed by atoms with van der Waals surface area (Å²) in [6.07, 6.45) is 0. The normalized spacial score (nSPS) is 11.0. The molecule has 0 saturated heterocycles. The smallest absolute Gasteiger partial charge is 0.336 e. The highest BCUT2D eigenvalue weighted by atomic mass is 32.1. The Morgan fingerprint density at radius 3 is 2.52 bits per heavy atom. The largest absolute Gasteiger partial charge is 0.478 e. The number of hydrogen-bond donors (Lipinski definition) is 1. The van der Waals surface area contributed by atoms with Crippen LogP contribution < -0.4 is 0 Å². The summed E-state index contributed by atoms with van der Waals surface area (Å²) >= 11 is 1.62. The van der Waals surface area contributed by atoms with Crippen LogP contribution in [0.2, 0.25) is 0 Å². The van der Waals surface area contributed by atoms with Crippen LogP contribution in [0.15, 0.2) is 30.3 Å². The molecule has 0 atom stereocenters. The van der Waals surface area contributed by atoms with E-state index >= 15 is 0 Å². The van der Waals surface area contributed by atoms with E-state index in [2.05, 4.69) is 0 Å². The molecule has 0 saturated carbocycles. The molecule has 4 heteroatoms. The first-order valence-corrected chi connectivity index (χ1v) is 7.50. The van der Waals surface area contributed by atoms with Crippen molar-refractivity contribution in [2.45, 2.75) is 20.8 Å². The minimum Gasteiger partial charge on any atom is -0.478 e. The lowest BCUT2D eigenvalue weighted by Gasteiger charge is -2.10. The van der Waals surface area contributed by atoms with E-state index < -0.39 is 5.97 Å². The number of aromatic carboxylic acids is 1. The van der Waals surface area contributed by atoms with Gasteiger partial charge in [-0.05, 0) is 50.1 Å². The minimum absolute atomic E-state index is 0.309. The van der Waals surface area contributed by atoms with Gasteiger partial charge in [-0.15, -0.1) is 11.3 Å². The number of fused-ring (bicyclic) bond motifs is 1. The number of thiophene rings is 1. The van der Waals surface area contributed by atoms with Crippen molar-refractivity contribution in [1.82, 2.24) is 4.98 Å². The SMILES string of the molecule is Cc1ccc(-c2cc(C(=O)O)c3ccc(C)c(C)c3n2)s1. The van der Waals surface area contributed by atoms with Crippen molar-refractivity contribution >= 4 is 28.2 Å². The average molecular weight is 297 g/mol. The Hall–Kier alpha value is -2.20. The molecule has 0 bridgehead atoms. The maximum atomic E-state index is 11.6. The van der Waals surface area contributed by atoms with E-state index in [1.807, 2.05) is 45.0 Å². The molecule has 0 fully saturated rings. The molecular formula is C17H15NO2S. The number of carboxylic acids is 1. The Morgan fingerprint density at radius 1 is 1.14 bits per heavy atom.